The van der Waals surface area contributed by atoms with Gasteiger partial charge in [0.05, 0.1) is 4.47 Å². The number of likely N-dealkylation sites (tertiary alicyclic amines) is 1. The highest BCUT2D eigenvalue weighted by Crippen LogP contribution is 2.31. The third-order valence-electron chi connectivity index (χ3n) is 5.13. The molecule has 6 heteroatoms. The van der Waals surface area contributed by atoms with Crippen LogP contribution in [0.1, 0.15) is 37.9 Å². The molecule has 1 aliphatic rings. The van der Waals surface area contributed by atoms with Crippen molar-refractivity contribution in [2.75, 3.05) is 19.6 Å². The Kier molecular flexibility index (Phi) is 7.69. The number of ether oxygens (including phenoxy) is 1. The number of halogens is 1. The smallest absolute Gasteiger partial charge is 0.268 e. The zero-order valence-electron chi connectivity index (χ0n) is 16.6. The van der Waals surface area contributed by atoms with Gasteiger partial charge in [0.15, 0.2) is 0 Å². The van der Waals surface area contributed by atoms with Crippen molar-refractivity contribution in [3.8, 4) is 5.75 Å². The number of hydrogen-bond acceptors (Lipinski definition) is 3. The second-order valence-electron chi connectivity index (χ2n) is 7.23. The Balaban J connectivity index is 1.71. The Hall–Kier alpha value is -2.34. The normalized spacial score (nSPS) is 15.6. The number of nitrogens with zero attached hydrogens (tertiary/aromatic N) is 1. The highest BCUT2D eigenvalue weighted by atomic mass is 79.9. The molecule has 5 nitrogen and oxygen atoms in total. The maximum absolute atomic E-state index is 13.3. The second-order valence-corrected chi connectivity index (χ2v) is 8.08. The third kappa shape index (κ3) is 5.60. The molecule has 0 aromatic heterocycles. The summed E-state index contributed by atoms with van der Waals surface area (Å²) in [7, 11) is 0. The summed E-state index contributed by atoms with van der Waals surface area (Å²) >= 11 is 3.49. The van der Waals surface area contributed by atoms with Crippen LogP contribution in [-0.4, -0.2) is 36.3 Å². The molecule has 0 radical (unpaired) electrons. The Morgan fingerprint density at radius 2 is 1.76 bits per heavy atom. The van der Waals surface area contributed by atoms with E-state index in [0.29, 0.717) is 38.2 Å². The van der Waals surface area contributed by atoms with Crippen LogP contribution >= 0.6 is 15.9 Å². The second kappa shape index (κ2) is 10.4. The lowest BCUT2D eigenvalue weighted by Crippen LogP contribution is -2.45. The summed E-state index contributed by atoms with van der Waals surface area (Å²) in [6.07, 6.45) is 1.56. The van der Waals surface area contributed by atoms with Gasteiger partial charge in [-0.05, 0) is 47.3 Å². The van der Waals surface area contributed by atoms with Crippen LogP contribution in [0, 0.1) is 5.92 Å². The minimum atomic E-state index is -0.722. The van der Waals surface area contributed by atoms with Gasteiger partial charge in [-0.15, -0.1) is 0 Å². The number of rotatable bonds is 7. The fourth-order valence-electron chi connectivity index (χ4n) is 3.48. The van der Waals surface area contributed by atoms with E-state index in [0.717, 1.165) is 16.5 Å². The van der Waals surface area contributed by atoms with Gasteiger partial charge in [-0.2, -0.15) is 0 Å². The molecule has 0 bridgehead atoms. The molecule has 2 aromatic carbocycles. The van der Waals surface area contributed by atoms with Crippen molar-refractivity contribution in [3.05, 3.63) is 64.6 Å². The summed E-state index contributed by atoms with van der Waals surface area (Å²) in [5.74, 6) is 0.635. The predicted octanol–water partition coefficient (Wildman–Crippen LogP) is 4.33. The lowest BCUT2D eigenvalue weighted by Gasteiger charge is -2.34. The van der Waals surface area contributed by atoms with Gasteiger partial charge < -0.3 is 15.0 Å². The molecule has 1 saturated heterocycles. The van der Waals surface area contributed by atoms with E-state index in [9.17, 15) is 9.59 Å². The quantitative estimate of drug-likeness (QED) is 0.671. The SMILES string of the molecule is CCCNC(=O)C1CCN(C(=O)C(Oc2ccccc2Br)c2ccccc2)CC1. The Labute approximate surface area is 180 Å². The molecule has 1 aliphatic heterocycles. The topological polar surface area (TPSA) is 58.6 Å². The number of carbonyl (C=O) groups is 2. The van der Waals surface area contributed by atoms with Crippen LogP contribution in [0.2, 0.25) is 0 Å². The zero-order chi connectivity index (χ0) is 20.6. The summed E-state index contributed by atoms with van der Waals surface area (Å²) in [6.45, 7) is 3.86. The number of amides is 2. The van der Waals surface area contributed by atoms with Crippen molar-refractivity contribution in [1.29, 1.82) is 0 Å². The van der Waals surface area contributed by atoms with Gasteiger partial charge in [-0.3, -0.25) is 9.59 Å². The molecule has 154 valence electrons. The molecule has 0 saturated carbocycles. The molecule has 1 atom stereocenters. The van der Waals surface area contributed by atoms with E-state index in [2.05, 4.69) is 21.2 Å². The lowest BCUT2D eigenvalue weighted by molar-refractivity contribution is -0.142. The highest BCUT2D eigenvalue weighted by molar-refractivity contribution is 9.10. The Bertz CT molecular complexity index is 820. The van der Waals surface area contributed by atoms with Gasteiger partial charge in [0, 0.05) is 31.1 Å². The van der Waals surface area contributed by atoms with Gasteiger partial charge in [-0.1, -0.05) is 49.4 Å². The average Bonchev–Trinajstić information content (AvgIpc) is 2.77. The first-order valence-corrected chi connectivity index (χ1v) is 10.9. The molecule has 0 spiro atoms. The van der Waals surface area contributed by atoms with E-state index >= 15 is 0 Å². The van der Waals surface area contributed by atoms with Crippen LogP contribution in [0.25, 0.3) is 0 Å². The summed E-state index contributed by atoms with van der Waals surface area (Å²) < 4.78 is 6.96. The van der Waals surface area contributed by atoms with Crippen LogP contribution in [0.15, 0.2) is 59.1 Å². The van der Waals surface area contributed by atoms with Gasteiger partial charge in [0.2, 0.25) is 12.0 Å². The largest absolute Gasteiger partial charge is 0.475 e. The fraction of sp³-hybridized carbons (Fsp3) is 0.391. The first kappa shape index (κ1) is 21.4. The van der Waals surface area contributed by atoms with Crippen molar-refractivity contribution in [2.24, 2.45) is 5.92 Å². The standard InChI is InChI=1S/C23H27BrN2O3/c1-2-14-25-22(27)18-12-15-26(16-13-18)23(28)21(17-8-4-3-5-9-17)29-20-11-7-6-10-19(20)24/h3-11,18,21H,2,12-16H2,1H3,(H,25,27). The molecule has 3 rings (SSSR count). The van der Waals surface area contributed by atoms with Crippen LogP contribution in [-0.2, 0) is 9.59 Å². The van der Waals surface area contributed by atoms with Gasteiger partial charge in [-0.25, -0.2) is 0 Å². The van der Waals surface area contributed by atoms with Gasteiger partial charge in [0.25, 0.3) is 5.91 Å². The monoisotopic (exact) mass is 458 g/mol. The molecule has 29 heavy (non-hydrogen) atoms. The van der Waals surface area contributed by atoms with Crippen molar-refractivity contribution in [3.63, 3.8) is 0 Å². The van der Waals surface area contributed by atoms with Gasteiger partial charge >= 0.3 is 0 Å². The van der Waals surface area contributed by atoms with E-state index in [1.807, 2.05) is 66.4 Å². The van der Waals surface area contributed by atoms with Crippen molar-refractivity contribution in [2.45, 2.75) is 32.3 Å². The summed E-state index contributed by atoms with van der Waals surface area (Å²) in [5.41, 5.74) is 0.816. The zero-order valence-corrected chi connectivity index (χ0v) is 18.2. The summed E-state index contributed by atoms with van der Waals surface area (Å²) in [6, 6.07) is 17.1. The molecule has 1 fully saturated rings. The predicted molar refractivity (Wildman–Crippen MR) is 117 cm³/mol. The van der Waals surface area contributed by atoms with Gasteiger partial charge in [0.1, 0.15) is 5.75 Å². The summed E-state index contributed by atoms with van der Waals surface area (Å²) in [4.78, 5) is 27.4. The number of para-hydroxylation sites is 1. The number of carbonyl (C=O) groups excluding carboxylic acids is 2. The molecular formula is C23H27BrN2O3. The van der Waals surface area contributed by atoms with Crippen molar-refractivity contribution in [1.82, 2.24) is 10.2 Å². The van der Waals surface area contributed by atoms with Crippen LogP contribution in [0.3, 0.4) is 0 Å². The van der Waals surface area contributed by atoms with Crippen LogP contribution in [0.5, 0.6) is 5.75 Å². The van der Waals surface area contributed by atoms with E-state index in [4.69, 9.17) is 4.74 Å². The van der Waals surface area contributed by atoms with E-state index in [1.165, 1.54) is 0 Å². The lowest BCUT2D eigenvalue weighted by atomic mass is 9.95. The maximum atomic E-state index is 13.3. The third-order valence-corrected chi connectivity index (χ3v) is 5.79. The molecule has 1 N–H and O–H groups in total. The average molecular weight is 459 g/mol. The van der Waals surface area contributed by atoms with Crippen molar-refractivity contribution >= 4 is 27.7 Å². The fourth-order valence-corrected chi connectivity index (χ4v) is 3.85. The summed E-state index contributed by atoms with van der Waals surface area (Å²) in [5, 5.41) is 2.96. The van der Waals surface area contributed by atoms with Crippen molar-refractivity contribution < 1.29 is 14.3 Å². The number of piperidine rings is 1. The molecule has 1 unspecified atom stereocenters. The van der Waals surface area contributed by atoms with Crippen LogP contribution < -0.4 is 10.1 Å². The minimum absolute atomic E-state index is 0.0232. The minimum Gasteiger partial charge on any atom is -0.475 e. The van der Waals surface area contributed by atoms with E-state index in [1.54, 1.807) is 0 Å². The molecule has 0 aliphatic carbocycles. The highest BCUT2D eigenvalue weighted by Gasteiger charge is 2.32. The van der Waals surface area contributed by atoms with Crippen LogP contribution in [0.4, 0.5) is 0 Å². The van der Waals surface area contributed by atoms with E-state index in [-0.39, 0.29) is 17.7 Å². The number of nitrogens with one attached hydrogen (secondary N) is 1. The molecular weight excluding hydrogens is 432 g/mol. The van der Waals surface area contributed by atoms with E-state index < -0.39 is 6.10 Å². The molecule has 2 amide bonds. The maximum Gasteiger partial charge on any atom is 0.268 e. The Morgan fingerprint density at radius 1 is 1.10 bits per heavy atom. The first-order chi connectivity index (χ1) is 14.1. The number of benzene rings is 2. The first-order valence-electron chi connectivity index (χ1n) is 10.1. The molecule has 1 heterocycles. The molecule has 2 aromatic rings. The number of hydrogen-bond donors (Lipinski definition) is 1. The Morgan fingerprint density at radius 3 is 2.41 bits per heavy atom.